The summed E-state index contributed by atoms with van der Waals surface area (Å²) in [5.41, 5.74) is 1.90. The highest BCUT2D eigenvalue weighted by Gasteiger charge is 2.44. The lowest BCUT2D eigenvalue weighted by molar-refractivity contribution is 0.188. The summed E-state index contributed by atoms with van der Waals surface area (Å²) in [5.74, 6) is 0.841. The Morgan fingerprint density at radius 3 is 2.46 bits per heavy atom. The van der Waals surface area contributed by atoms with Gasteiger partial charge in [-0.1, -0.05) is 60.7 Å². The number of hydrogen-bond donors (Lipinski definition) is 2. The zero-order valence-electron chi connectivity index (χ0n) is 14.4. The predicted molar refractivity (Wildman–Crippen MR) is 102 cm³/mol. The molecule has 132 valence electrons. The van der Waals surface area contributed by atoms with Crippen LogP contribution in [0.5, 0.6) is 5.75 Å². The van der Waals surface area contributed by atoms with Gasteiger partial charge in [0.05, 0.1) is 0 Å². The average Bonchev–Trinajstić information content (AvgIpc) is 3.38. The van der Waals surface area contributed by atoms with Gasteiger partial charge in [-0.2, -0.15) is 0 Å². The molecule has 0 aromatic heterocycles. The predicted octanol–water partition coefficient (Wildman–Crippen LogP) is 4.76. The van der Waals surface area contributed by atoms with Gasteiger partial charge in [0.15, 0.2) is 0 Å². The summed E-state index contributed by atoms with van der Waals surface area (Å²) in [6, 6.07) is 22.4. The minimum Gasteiger partial charge on any atom is -0.488 e. The number of hydrogen-bond acceptors (Lipinski definition) is 2. The first kappa shape index (κ1) is 16.5. The van der Waals surface area contributed by atoms with E-state index in [1.807, 2.05) is 42.5 Å². The third-order valence-electron chi connectivity index (χ3n) is 4.89. The number of ether oxygens (including phenoxy) is 1. The summed E-state index contributed by atoms with van der Waals surface area (Å²) >= 11 is 0. The molecule has 3 aromatic rings. The van der Waals surface area contributed by atoms with Gasteiger partial charge in [-0.15, -0.1) is 0 Å². The molecule has 0 saturated heterocycles. The van der Waals surface area contributed by atoms with Crippen LogP contribution in [-0.4, -0.2) is 16.7 Å². The maximum Gasteiger partial charge on any atom is 0.405 e. The molecule has 0 spiro atoms. The summed E-state index contributed by atoms with van der Waals surface area (Å²) in [4.78, 5) is 11.0. The van der Waals surface area contributed by atoms with Crippen LogP contribution in [-0.2, 0) is 13.0 Å². The highest BCUT2D eigenvalue weighted by molar-refractivity contribution is 5.89. The van der Waals surface area contributed by atoms with Gasteiger partial charge in [0, 0.05) is 10.9 Å². The summed E-state index contributed by atoms with van der Waals surface area (Å²) < 4.78 is 6.13. The highest BCUT2D eigenvalue weighted by atomic mass is 16.5. The first-order valence-electron chi connectivity index (χ1n) is 8.83. The maximum absolute atomic E-state index is 11.0. The Morgan fingerprint density at radius 1 is 1.00 bits per heavy atom. The lowest BCUT2D eigenvalue weighted by Gasteiger charge is -2.17. The Labute approximate surface area is 152 Å². The van der Waals surface area contributed by atoms with E-state index in [4.69, 9.17) is 9.84 Å². The van der Waals surface area contributed by atoms with Crippen LogP contribution in [0.3, 0.4) is 0 Å². The van der Waals surface area contributed by atoms with E-state index in [2.05, 4.69) is 29.6 Å². The molecule has 0 heterocycles. The molecule has 3 aromatic carbocycles. The van der Waals surface area contributed by atoms with Crippen LogP contribution < -0.4 is 10.1 Å². The molecule has 1 amide bonds. The van der Waals surface area contributed by atoms with Crippen molar-refractivity contribution in [2.75, 3.05) is 0 Å². The third-order valence-corrected chi connectivity index (χ3v) is 4.89. The number of amides is 1. The Hall–Kier alpha value is -3.01. The normalized spacial score (nSPS) is 14.8. The van der Waals surface area contributed by atoms with Crippen LogP contribution in [0.2, 0.25) is 0 Å². The van der Waals surface area contributed by atoms with E-state index < -0.39 is 6.09 Å². The van der Waals surface area contributed by atoms with Gasteiger partial charge in [0.25, 0.3) is 0 Å². The first-order valence-corrected chi connectivity index (χ1v) is 8.83. The smallest absolute Gasteiger partial charge is 0.405 e. The van der Waals surface area contributed by atoms with Gasteiger partial charge in [-0.3, -0.25) is 0 Å². The minimum atomic E-state index is -0.955. The minimum absolute atomic E-state index is 0.314. The van der Waals surface area contributed by atoms with Gasteiger partial charge in [0.1, 0.15) is 12.4 Å². The molecule has 0 bridgehead atoms. The standard InChI is InChI=1S/C22H21NO3/c24-21(25)23-22(10-11-22)14-17-12-18-8-4-5-9-19(18)20(13-17)26-15-16-6-2-1-3-7-16/h1-9,12-13,23H,10-11,14-15H2,(H,24,25). The highest BCUT2D eigenvalue weighted by Crippen LogP contribution is 2.40. The van der Waals surface area contributed by atoms with Crippen LogP contribution in [0.25, 0.3) is 10.8 Å². The second kappa shape index (κ2) is 6.71. The molecule has 0 aliphatic heterocycles. The van der Waals surface area contributed by atoms with Crippen molar-refractivity contribution in [3.05, 3.63) is 77.9 Å². The molecular formula is C22H21NO3. The molecule has 0 atom stereocenters. The molecule has 4 heteroatoms. The monoisotopic (exact) mass is 347 g/mol. The fourth-order valence-electron chi connectivity index (χ4n) is 3.41. The largest absolute Gasteiger partial charge is 0.488 e. The zero-order chi connectivity index (χ0) is 18.0. The zero-order valence-corrected chi connectivity index (χ0v) is 14.4. The van der Waals surface area contributed by atoms with Crippen molar-refractivity contribution in [1.82, 2.24) is 5.32 Å². The lowest BCUT2D eigenvalue weighted by atomic mass is 9.99. The Morgan fingerprint density at radius 2 is 1.73 bits per heavy atom. The van der Waals surface area contributed by atoms with Crippen LogP contribution >= 0.6 is 0 Å². The van der Waals surface area contributed by atoms with E-state index in [-0.39, 0.29) is 5.54 Å². The third kappa shape index (κ3) is 3.64. The molecule has 0 unspecified atom stereocenters. The van der Waals surface area contributed by atoms with E-state index >= 15 is 0 Å². The van der Waals surface area contributed by atoms with Crippen molar-refractivity contribution in [1.29, 1.82) is 0 Å². The number of rotatable bonds is 6. The lowest BCUT2D eigenvalue weighted by Crippen LogP contribution is -2.37. The van der Waals surface area contributed by atoms with Crippen molar-refractivity contribution in [3.8, 4) is 5.75 Å². The van der Waals surface area contributed by atoms with Gasteiger partial charge < -0.3 is 15.2 Å². The van der Waals surface area contributed by atoms with Crippen molar-refractivity contribution in [2.45, 2.75) is 31.4 Å². The second-order valence-electron chi connectivity index (χ2n) is 6.98. The van der Waals surface area contributed by atoms with E-state index in [0.717, 1.165) is 40.5 Å². The van der Waals surface area contributed by atoms with E-state index in [1.165, 1.54) is 0 Å². The van der Waals surface area contributed by atoms with Crippen molar-refractivity contribution in [2.24, 2.45) is 0 Å². The molecule has 26 heavy (non-hydrogen) atoms. The Kier molecular flexibility index (Phi) is 4.25. The molecule has 1 saturated carbocycles. The number of nitrogens with one attached hydrogen (secondary N) is 1. The van der Waals surface area contributed by atoms with Gasteiger partial charge in [0.2, 0.25) is 0 Å². The molecule has 0 radical (unpaired) electrons. The number of carboxylic acid groups (broad SMARTS) is 1. The number of fused-ring (bicyclic) bond motifs is 1. The topological polar surface area (TPSA) is 58.6 Å². The maximum atomic E-state index is 11.0. The average molecular weight is 347 g/mol. The van der Waals surface area contributed by atoms with Gasteiger partial charge in [-0.25, -0.2) is 4.79 Å². The van der Waals surface area contributed by atoms with E-state index in [9.17, 15) is 4.79 Å². The van der Waals surface area contributed by atoms with Crippen molar-refractivity contribution >= 4 is 16.9 Å². The number of carbonyl (C=O) groups is 1. The molecular weight excluding hydrogens is 326 g/mol. The molecule has 4 rings (SSSR count). The van der Waals surface area contributed by atoms with E-state index in [0.29, 0.717) is 13.0 Å². The Balaban J connectivity index is 1.62. The van der Waals surface area contributed by atoms with Crippen molar-refractivity contribution < 1.29 is 14.6 Å². The molecule has 1 aliphatic carbocycles. The summed E-state index contributed by atoms with van der Waals surface area (Å²) in [5, 5.41) is 13.9. The molecule has 1 fully saturated rings. The second-order valence-corrected chi connectivity index (χ2v) is 6.98. The molecule has 2 N–H and O–H groups in total. The van der Waals surface area contributed by atoms with Gasteiger partial charge in [-0.05, 0) is 41.8 Å². The van der Waals surface area contributed by atoms with Crippen LogP contribution in [0, 0.1) is 0 Å². The van der Waals surface area contributed by atoms with Crippen LogP contribution in [0.1, 0.15) is 24.0 Å². The summed E-state index contributed by atoms with van der Waals surface area (Å²) in [6.07, 6.45) is 1.49. The fraction of sp³-hybridized carbons (Fsp3) is 0.227. The number of benzene rings is 3. The van der Waals surface area contributed by atoms with Gasteiger partial charge >= 0.3 is 6.09 Å². The SMILES string of the molecule is O=C(O)NC1(Cc2cc(OCc3ccccc3)c3ccccc3c2)CC1. The fourth-order valence-corrected chi connectivity index (χ4v) is 3.41. The Bertz CT molecular complexity index is 933. The molecule has 1 aliphatic rings. The molecule has 4 nitrogen and oxygen atoms in total. The quantitative estimate of drug-likeness (QED) is 0.676. The summed E-state index contributed by atoms with van der Waals surface area (Å²) in [7, 11) is 0. The first-order chi connectivity index (χ1) is 12.6. The van der Waals surface area contributed by atoms with Crippen LogP contribution in [0.15, 0.2) is 66.7 Å². The summed E-state index contributed by atoms with van der Waals surface area (Å²) in [6.45, 7) is 0.507. The van der Waals surface area contributed by atoms with Crippen LogP contribution in [0.4, 0.5) is 4.79 Å². The van der Waals surface area contributed by atoms with E-state index in [1.54, 1.807) is 0 Å². The van der Waals surface area contributed by atoms with Crippen molar-refractivity contribution in [3.63, 3.8) is 0 Å².